The standard InChI is InChI=1S/C13H18ClNO/c1-4-10(5-2)13(16)15-12-8-6-7-11(14)9(12)3/h6-8,10H,4-5H2,1-3H3,(H,15,16). The van der Waals surface area contributed by atoms with Gasteiger partial charge in [-0.2, -0.15) is 0 Å². The lowest BCUT2D eigenvalue weighted by Gasteiger charge is -2.14. The summed E-state index contributed by atoms with van der Waals surface area (Å²) in [5.41, 5.74) is 1.73. The van der Waals surface area contributed by atoms with E-state index in [4.69, 9.17) is 11.6 Å². The molecule has 3 heteroatoms. The highest BCUT2D eigenvalue weighted by molar-refractivity contribution is 6.31. The minimum Gasteiger partial charge on any atom is -0.326 e. The quantitative estimate of drug-likeness (QED) is 0.845. The van der Waals surface area contributed by atoms with Crippen LogP contribution in [0.25, 0.3) is 0 Å². The van der Waals surface area contributed by atoms with Gasteiger partial charge in [0.15, 0.2) is 0 Å². The maximum Gasteiger partial charge on any atom is 0.227 e. The van der Waals surface area contributed by atoms with Crippen LogP contribution >= 0.6 is 11.6 Å². The van der Waals surface area contributed by atoms with Crippen molar-refractivity contribution in [1.29, 1.82) is 0 Å². The van der Waals surface area contributed by atoms with E-state index in [1.54, 1.807) is 0 Å². The molecule has 0 heterocycles. The van der Waals surface area contributed by atoms with Crippen molar-refractivity contribution in [3.8, 4) is 0 Å². The second-order valence-corrected chi connectivity index (χ2v) is 4.32. The average Bonchev–Trinajstić information content (AvgIpc) is 2.26. The second kappa shape index (κ2) is 5.90. The summed E-state index contributed by atoms with van der Waals surface area (Å²) in [5.74, 6) is 0.161. The lowest BCUT2D eigenvalue weighted by molar-refractivity contribution is -0.120. The van der Waals surface area contributed by atoms with E-state index in [2.05, 4.69) is 5.32 Å². The Morgan fingerprint density at radius 2 is 2.00 bits per heavy atom. The van der Waals surface area contributed by atoms with Gasteiger partial charge in [-0.05, 0) is 37.5 Å². The number of hydrogen-bond acceptors (Lipinski definition) is 1. The smallest absolute Gasteiger partial charge is 0.227 e. The van der Waals surface area contributed by atoms with Crippen LogP contribution in [0.15, 0.2) is 18.2 Å². The van der Waals surface area contributed by atoms with E-state index < -0.39 is 0 Å². The molecular formula is C13H18ClNO. The summed E-state index contributed by atoms with van der Waals surface area (Å²) in [6.07, 6.45) is 1.73. The lowest BCUT2D eigenvalue weighted by atomic mass is 10.0. The molecule has 1 amide bonds. The first-order valence-electron chi connectivity index (χ1n) is 5.66. The maximum absolute atomic E-state index is 11.9. The van der Waals surface area contributed by atoms with E-state index in [1.165, 1.54) is 0 Å². The molecule has 16 heavy (non-hydrogen) atoms. The predicted octanol–water partition coefficient (Wildman–Crippen LogP) is 4.02. The average molecular weight is 240 g/mol. The Bertz CT molecular complexity index is 372. The molecule has 0 saturated heterocycles. The third-order valence-corrected chi connectivity index (χ3v) is 3.29. The minimum absolute atomic E-state index is 0.0790. The monoisotopic (exact) mass is 239 g/mol. The van der Waals surface area contributed by atoms with Gasteiger partial charge < -0.3 is 5.32 Å². The van der Waals surface area contributed by atoms with Crippen LogP contribution in [0.1, 0.15) is 32.3 Å². The number of carbonyl (C=O) groups excluding carboxylic acids is 1. The van der Waals surface area contributed by atoms with Crippen LogP contribution in [0.4, 0.5) is 5.69 Å². The summed E-state index contributed by atoms with van der Waals surface area (Å²) in [7, 11) is 0. The molecule has 1 N–H and O–H groups in total. The molecule has 0 aliphatic rings. The van der Waals surface area contributed by atoms with Gasteiger partial charge in [0.2, 0.25) is 5.91 Å². The predicted molar refractivity (Wildman–Crippen MR) is 68.9 cm³/mol. The third-order valence-electron chi connectivity index (χ3n) is 2.88. The first-order valence-corrected chi connectivity index (χ1v) is 6.03. The van der Waals surface area contributed by atoms with Crippen LogP contribution in [0.5, 0.6) is 0 Å². The summed E-state index contributed by atoms with van der Waals surface area (Å²) >= 11 is 5.99. The van der Waals surface area contributed by atoms with E-state index in [0.29, 0.717) is 5.02 Å². The Hall–Kier alpha value is -1.02. The number of hydrogen-bond donors (Lipinski definition) is 1. The van der Waals surface area contributed by atoms with Crippen molar-refractivity contribution in [2.24, 2.45) is 5.92 Å². The molecule has 0 radical (unpaired) electrons. The zero-order chi connectivity index (χ0) is 12.1. The molecular weight excluding hydrogens is 222 g/mol. The number of anilines is 1. The zero-order valence-corrected chi connectivity index (χ0v) is 10.8. The van der Waals surface area contributed by atoms with Crippen molar-refractivity contribution in [3.05, 3.63) is 28.8 Å². The lowest BCUT2D eigenvalue weighted by Crippen LogP contribution is -2.22. The first kappa shape index (κ1) is 13.0. The molecule has 0 spiro atoms. The van der Waals surface area contributed by atoms with Crippen molar-refractivity contribution in [2.45, 2.75) is 33.6 Å². The minimum atomic E-state index is 0.0790. The normalized spacial score (nSPS) is 10.6. The summed E-state index contributed by atoms with van der Waals surface area (Å²) < 4.78 is 0. The second-order valence-electron chi connectivity index (χ2n) is 3.92. The van der Waals surface area contributed by atoms with Gasteiger partial charge in [-0.1, -0.05) is 31.5 Å². The van der Waals surface area contributed by atoms with E-state index in [1.807, 2.05) is 39.0 Å². The van der Waals surface area contributed by atoms with Crippen molar-refractivity contribution in [1.82, 2.24) is 0 Å². The maximum atomic E-state index is 11.9. The molecule has 0 atom stereocenters. The highest BCUT2D eigenvalue weighted by Crippen LogP contribution is 2.23. The fourth-order valence-electron chi connectivity index (χ4n) is 1.64. The molecule has 0 aromatic heterocycles. The topological polar surface area (TPSA) is 29.1 Å². The molecule has 0 aliphatic carbocycles. The number of nitrogens with one attached hydrogen (secondary N) is 1. The molecule has 0 unspecified atom stereocenters. The number of benzene rings is 1. The van der Waals surface area contributed by atoms with Gasteiger partial charge >= 0.3 is 0 Å². The molecule has 1 aromatic carbocycles. The summed E-state index contributed by atoms with van der Waals surface area (Å²) in [6, 6.07) is 5.54. The van der Waals surface area contributed by atoms with Gasteiger partial charge in [0.25, 0.3) is 0 Å². The molecule has 0 fully saturated rings. The van der Waals surface area contributed by atoms with Gasteiger partial charge in [-0.15, -0.1) is 0 Å². The number of halogens is 1. The summed E-state index contributed by atoms with van der Waals surface area (Å²) in [5, 5.41) is 3.61. The van der Waals surface area contributed by atoms with Gasteiger partial charge in [-0.25, -0.2) is 0 Å². The van der Waals surface area contributed by atoms with Crippen LogP contribution in [-0.2, 0) is 4.79 Å². The highest BCUT2D eigenvalue weighted by atomic mass is 35.5. The Morgan fingerprint density at radius 1 is 1.38 bits per heavy atom. The van der Waals surface area contributed by atoms with Gasteiger partial charge in [-0.3, -0.25) is 4.79 Å². The van der Waals surface area contributed by atoms with Crippen molar-refractivity contribution in [3.63, 3.8) is 0 Å². The van der Waals surface area contributed by atoms with E-state index >= 15 is 0 Å². The zero-order valence-electron chi connectivity index (χ0n) is 10.0. The van der Waals surface area contributed by atoms with Crippen molar-refractivity contribution < 1.29 is 4.79 Å². The van der Waals surface area contributed by atoms with Crippen LogP contribution in [0.2, 0.25) is 5.02 Å². The fourth-order valence-corrected chi connectivity index (χ4v) is 1.81. The Morgan fingerprint density at radius 3 is 2.56 bits per heavy atom. The molecule has 0 saturated carbocycles. The largest absolute Gasteiger partial charge is 0.326 e. The highest BCUT2D eigenvalue weighted by Gasteiger charge is 2.15. The van der Waals surface area contributed by atoms with Gasteiger partial charge in [0.05, 0.1) is 0 Å². The van der Waals surface area contributed by atoms with Crippen LogP contribution in [-0.4, -0.2) is 5.91 Å². The number of carbonyl (C=O) groups is 1. The molecule has 1 aromatic rings. The third kappa shape index (κ3) is 2.99. The van der Waals surface area contributed by atoms with Crippen molar-refractivity contribution >= 4 is 23.2 Å². The van der Waals surface area contributed by atoms with Crippen LogP contribution < -0.4 is 5.32 Å². The van der Waals surface area contributed by atoms with Crippen LogP contribution in [0.3, 0.4) is 0 Å². The molecule has 88 valence electrons. The molecule has 0 bridgehead atoms. The van der Waals surface area contributed by atoms with Crippen LogP contribution in [0, 0.1) is 12.8 Å². The summed E-state index contributed by atoms with van der Waals surface area (Å²) in [4.78, 5) is 11.9. The molecule has 0 aliphatic heterocycles. The van der Waals surface area contributed by atoms with Gasteiger partial charge in [0, 0.05) is 16.6 Å². The van der Waals surface area contributed by atoms with E-state index in [9.17, 15) is 4.79 Å². The molecule has 2 nitrogen and oxygen atoms in total. The Kier molecular flexibility index (Phi) is 4.81. The molecule has 1 rings (SSSR count). The summed E-state index contributed by atoms with van der Waals surface area (Å²) in [6.45, 7) is 5.96. The van der Waals surface area contributed by atoms with E-state index in [-0.39, 0.29) is 11.8 Å². The Balaban J connectivity index is 2.80. The fraction of sp³-hybridized carbons (Fsp3) is 0.462. The van der Waals surface area contributed by atoms with E-state index in [0.717, 1.165) is 24.1 Å². The Labute approximate surface area is 102 Å². The first-order chi connectivity index (χ1) is 7.60. The SMILES string of the molecule is CCC(CC)C(=O)Nc1cccc(Cl)c1C. The number of amides is 1. The number of rotatable bonds is 4. The van der Waals surface area contributed by atoms with Gasteiger partial charge in [0.1, 0.15) is 0 Å². The van der Waals surface area contributed by atoms with Crippen molar-refractivity contribution in [2.75, 3.05) is 5.32 Å².